The van der Waals surface area contributed by atoms with Gasteiger partial charge in [0.25, 0.3) is 0 Å². The molecule has 0 spiro atoms. The zero-order valence-electron chi connectivity index (χ0n) is 40.1. The highest BCUT2D eigenvalue weighted by Crippen LogP contribution is 2.24. The van der Waals surface area contributed by atoms with Gasteiger partial charge in [-0.05, 0) is 107 Å². The van der Waals surface area contributed by atoms with Crippen molar-refractivity contribution in [2.24, 2.45) is 11.8 Å². The van der Waals surface area contributed by atoms with Crippen LogP contribution in [0.2, 0.25) is 0 Å². The standard InChI is InChI=1S/C51H102N2O4S/c1-7-13-17-21-23-28-35-48(34-26-19-15-9-3)46-57-50(54)38-30-25-31-40-53(42-32-41-52(11-5)12-6)43-39-51(55)56-44-33-45-58-47-49(36-27-20-16-10-4)37-29-24-22-18-14-8-2/h48-49H,7-47H2,1-6H3. The van der Waals surface area contributed by atoms with Crippen molar-refractivity contribution in [3.63, 3.8) is 0 Å². The number of hydrogen-bond acceptors (Lipinski definition) is 7. The lowest BCUT2D eigenvalue weighted by Gasteiger charge is -2.24. The number of hydrogen-bond donors (Lipinski definition) is 0. The van der Waals surface area contributed by atoms with Gasteiger partial charge in [0, 0.05) is 13.0 Å². The van der Waals surface area contributed by atoms with Crippen LogP contribution in [0.3, 0.4) is 0 Å². The van der Waals surface area contributed by atoms with Crippen molar-refractivity contribution in [1.29, 1.82) is 0 Å². The molecule has 0 saturated carbocycles. The van der Waals surface area contributed by atoms with Crippen molar-refractivity contribution >= 4 is 23.7 Å². The number of carbonyl (C=O) groups is 2. The molecule has 7 heteroatoms. The molecule has 58 heavy (non-hydrogen) atoms. The monoisotopic (exact) mass is 839 g/mol. The van der Waals surface area contributed by atoms with Crippen molar-refractivity contribution in [1.82, 2.24) is 9.80 Å². The zero-order valence-corrected chi connectivity index (χ0v) is 40.9. The molecule has 0 aromatic heterocycles. The Morgan fingerprint density at radius 1 is 0.431 bits per heavy atom. The highest BCUT2D eigenvalue weighted by molar-refractivity contribution is 7.99. The number of ether oxygens (including phenoxy) is 2. The van der Waals surface area contributed by atoms with E-state index >= 15 is 0 Å². The van der Waals surface area contributed by atoms with E-state index in [1.807, 2.05) is 0 Å². The van der Waals surface area contributed by atoms with E-state index < -0.39 is 0 Å². The van der Waals surface area contributed by atoms with Crippen molar-refractivity contribution < 1.29 is 19.1 Å². The number of unbranched alkanes of at least 4 members (excludes halogenated alkanes) is 18. The third kappa shape index (κ3) is 39.4. The van der Waals surface area contributed by atoms with Crippen LogP contribution in [0, 0.1) is 11.8 Å². The maximum absolute atomic E-state index is 12.8. The van der Waals surface area contributed by atoms with Crippen LogP contribution >= 0.6 is 11.8 Å². The topological polar surface area (TPSA) is 59.1 Å². The molecule has 0 aromatic carbocycles. The molecule has 0 aliphatic rings. The minimum atomic E-state index is -0.0569. The predicted octanol–water partition coefficient (Wildman–Crippen LogP) is 14.9. The van der Waals surface area contributed by atoms with Gasteiger partial charge in [0.2, 0.25) is 0 Å². The van der Waals surface area contributed by atoms with Crippen molar-refractivity contribution in [3.8, 4) is 0 Å². The lowest BCUT2D eigenvalue weighted by Crippen LogP contribution is -2.32. The highest BCUT2D eigenvalue weighted by atomic mass is 32.2. The fraction of sp³-hybridized carbons (Fsp3) is 0.961. The second-order valence-corrected chi connectivity index (χ2v) is 18.8. The fourth-order valence-corrected chi connectivity index (χ4v) is 9.30. The number of esters is 2. The Balaban J connectivity index is 4.58. The van der Waals surface area contributed by atoms with Crippen LogP contribution in [0.4, 0.5) is 0 Å². The number of carbonyl (C=O) groups excluding carboxylic acids is 2. The van der Waals surface area contributed by atoms with E-state index in [1.54, 1.807) is 0 Å². The highest BCUT2D eigenvalue weighted by Gasteiger charge is 2.14. The number of rotatable bonds is 47. The molecule has 6 nitrogen and oxygen atoms in total. The molecule has 0 rings (SSSR count). The molecule has 2 atom stereocenters. The Hall–Kier alpha value is -0.790. The van der Waals surface area contributed by atoms with Gasteiger partial charge in [0.05, 0.1) is 19.6 Å². The van der Waals surface area contributed by atoms with Crippen molar-refractivity contribution in [2.75, 3.05) is 64.0 Å². The lowest BCUT2D eigenvalue weighted by molar-refractivity contribution is -0.145. The molecule has 0 bridgehead atoms. The first kappa shape index (κ1) is 57.2. The van der Waals surface area contributed by atoms with Gasteiger partial charge in [-0.1, -0.05) is 176 Å². The van der Waals surface area contributed by atoms with Gasteiger partial charge >= 0.3 is 11.9 Å². The Morgan fingerprint density at radius 3 is 1.43 bits per heavy atom. The van der Waals surface area contributed by atoms with Crippen LogP contribution in [0.5, 0.6) is 0 Å². The Labute approximate surface area is 367 Å². The van der Waals surface area contributed by atoms with Crippen LogP contribution < -0.4 is 0 Å². The summed E-state index contributed by atoms with van der Waals surface area (Å²) in [6.07, 6.45) is 37.9. The minimum absolute atomic E-state index is 0.0193. The second kappa shape index (κ2) is 45.7. The van der Waals surface area contributed by atoms with E-state index in [4.69, 9.17) is 9.47 Å². The molecule has 0 fully saturated rings. The second-order valence-electron chi connectivity index (χ2n) is 17.7. The first-order valence-corrected chi connectivity index (χ1v) is 26.9. The molecule has 0 saturated heterocycles. The SMILES string of the molecule is CCCCCCCCC(CCCCCC)COC(=O)CCCCCN(CCCN(CC)CC)CCC(=O)OCCCSCC(CCCCCC)CCCCCCCC. The molecular formula is C51H102N2O4S. The Bertz CT molecular complexity index is 856. The average molecular weight is 839 g/mol. The molecule has 0 aromatic rings. The summed E-state index contributed by atoms with van der Waals surface area (Å²) < 4.78 is 11.6. The summed E-state index contributed by atoms with van der Waals surface area (Å²) in [4.78, 5) is 30.4. The molecule has 0 radical (unpaired) electrons. The van der Waals surface area contributed by atoms with E-state index in [9.17, 15) is 9.59 Å². The maximum Gasteiger partial charge on any atom is 0.307 e. The van der Waals surface area contributed by atoms with Gasteiger partial charge in [-0.3, -0.25) is 9.59 Å². The largest absolute Gasteiger partial charge is 0.466 e. The van der Waals surface area contributed by atoms with Crippen LogP contribution in [0.1, 0.15) is 241 Å². The zero-order chi connectivity index (χ0) is 42.6. The molecule has 0 amide bonds. The molecular weight excluding hydrogens is 737 g/mol. The first-order chi connectivity index (χ1) is 28.4. The van der Waals surface area contributed by atoms with Gasteiger partial charge in [-0.2, -0.15) is 11.8 Å². The van der Waals surface area contributed by atoms with Gasteiger partial charge in [-0.15, -0.1) is 0 Å². The third-order valence-electron chi connectivity index (χ3n) is 12.2. The van der Waals surface area contributed by atoms with E-state index in [1.165, 1.54) is 160 Å². The number of thioether (sulfide) groups is 1. The smallest absolute Gasteiger partial charge is 0.307 e. The summed E-state index contributed by atoms with van der Waals surface area (Å²) in [5.41, 5.74) is 0. The van der Waals surface area contributed by atoms with E-state index in [2.05, 4.69) is 63.1 Å². The molecule has 0 aliphatic carbocycles. The summed E-state index contributed by atoms with van der Waals surface area (Å²) in [6.45, 7) is 20.7. The summed E-state index contributed by atoms with van der Waals surface area (Å²) >= 11 is 2.08. The summed E-state index contributed by atoms with van der Waals surface area (Å²) in [5, 5.41) is 0. The molecule has 346 valence electrons. The Morgan fingerprint density at radius 2 is 0.879 bits per heavy atom. The molecule has 2 unspecified atom stereocenters. The summed E-state index contributed by atoms with van der Waals surface area (Å²) in [6, 6.07) is 0. The van der Waals surface area contributed by atoms with Gasteiger partial charge < -0.3 is 19.3 Å². The fourth-order valence-electron chi connectivity index (χ4n) is 8.14. The predicted molar refractivity (Wildman–Crippen MR) is 256 cm³/mol. The van der Waals surface area contributed by atoms with Gasteiger partial charge in [0.15, 0.2) is 0 Å². The quantitative estimate of drug-likeness (QED) is 0.0447. The molecule has 0 N–H and O–H groups in total. The van der Waals surface area contributed by atoms with Gasteiger partial charge in [-0.25, -0.2) is 0 Å². The first-order valence-electron chi connectivity index (χ1n) is 25.8. The van der Waals surface area contributed by atoms with E-state index in [0.717, 1.165) is 83.0 Å². The van der Waals surface area contributed by atoms with Crippen LogP contribution in [-0.2, 0) is 19.1 Å². The maximum atomic E-state index is 12.8. The van der Waals surface area contributed by atoms with Crippen LogP contribution in [0.25, 0.3) is 0 Å². The molecule has 0 aliphatic heterocycles. The third-order valence-corrected chi connectivity index (χ3v) is 13.5. The summed E-state index contributed by atoms with van der Waals surface area (Å²) in [7, 11) is 0. The van der Waals surface area contributed by atoms with Crippen molar-refractivity contribution in [2.45, 2.75) is 241 Å². The van der Waals surface area contributed by atoms with E-state index in [-0.39, 0.29) is 11.9 Å². The van der Waals surface area contributed by atoms with Crippen molar-refractivity contribution in [3.05, 3.63) is 0 Å². The Kier molecular flexibility index (Phi) is 45.1. The van der Waals surface area contributed by atoms with E-state index in [0.29, 0.717) is 32.0 Å². The normalized spacial score (nSPS) is 12.8. The van der Waals surface area contributed by atoms with Gasteiger partial charge in [0.1, 0.15) is 0 Å². The van der Waals surface area contributed by atoms with Crippen LogP contribution in [0.15, 0.2) is 0 Å². The number of nitrogens with zero attached hydrogens (tertiary/aromatic N) is 2. The van der Waals surface area contributed by atoms with Crippen LogP contribution in [-0.4, -0.2) is 85.7 Å². The lowest BCUT2D eigenvalue weighted by atomic mass is 9.95. The average Bonchev–Trinajstić information content (AvgIpc) is 3.23. The summed E-state index contributed by atoms with van der Waals surface area (Å²) in [5.74, 6) is 3.63. The minimum Gasteiger partial charge on any atom is -0.466 e. The molecule has 0 heterocycles.